The van der Waals surface area contributed by atoms with Crippen LogP contribution in [0, 0.1) is 5.92 Å². The molecule has 2 atom stereocenters. The van der Waals surface area contributed by atoms with Gasteiger partial charge in [0.25, 0.3) is 0 Å². The molecule has 22 heavy (non-hydrogen) atoms. The van der Waals surface area contributed by atoms with Crippen LogP contribution < -0.4 is 5.32 Å². The Morgan fingerprint density at radius 1 is 1.18 bits per heavy atom. The van der Waals surface area contributed by atoms with E-state index in [4.69, 9.17) is 4.74 Å². The topological polar surface area (TPSA) is 55.4 Å². The minimum atomic E-state index is -3.11. The summed E-state index contributed by atoms with van der Waals surface area (Å²) in [6.45, 7) is 5.35. The van der Waals surface area contributed by atoms with E-state index in [9.17, 15) is 8.42 Å². The molecule has 0 heterocycles. The average molecular weight is 325 g/mol. The highest BCUT2D eigenvalue weighted by Crippen LogP contribution is 2.26. The van der Waals surface area contributed by atoms with E-state index in [0.717, 1.165) is 12.2 Å². The molecule has 0 spiro atoms. The normalized spacial score (nSPS) is 22.5. The molecule has 5 heteroatoms. The van der Waals surface area contributed by atoms with E-state index in [1.807, 2.05) is 12.1 Å². The second-order valence-corrected chi connectivity index (χ2v) is 8.30. The lowest BCUT2D eigenvalue weighted by Gasteiger charge is -2.28. The van der Waals surface area contributed by atoms with Gasteiger partial charge in [0, 0.05) is 12.2 Å². The Balaban J connectivity index is 1.75. The predicted octanol–water partition coefficient (Wildman–Crippen LogP) is 3.49. The van der Waals surface area contributed by atoms with Gasteiger partial charge in [-0.05, 0) is 43.0 Å². The Kier molecular flexibility index (Phi) is 6.26. The molecule has 0 aliphatic heterocycles. The van der Waals surface area contributed by atoms with Crippen molar-refractivity contribution in [1.82, 2.24) is 0 Å². The lowest BCUT2D eigenvalue weighted by atomic mass is 9.88. The van der Waals surface area contributed by atoms with Crippen LogP contribution in [0.2, 0.25) is 0 Å². The molecule has 2 rings (SSSR count). The van der Waals surface area contributed by atoms with Crippen molar-refractivity contribution < 1.29 is 13.2 Å². The number of anilines is 1. The Labute approximate surface area is 134 Å². The Bertz CT molecular complexity index is 554. The van der Waals surface area contributed by atoms with Crippen LogP contribution in [-0.2, 0) is 14.6 Å². The summed E-state index contributed by atoms with van der Waals surface area (Å²) in [6.07, 6.45) is 5.44. The maximum Gasteiger partial charge on any atom is 0.178 e. The minimum absolute atomic E-state index is 0.132. The van der Waals surface area contributed by atoms with Crippen LogP contribution in [0.4, 0.5) is 5.69 Å². The van der Waals surface area contributed by atoms with Crippen LogP contribution in [0.3, 0.4) is 0 Å². The van der Waals surface area contributed by atoms with Crippen molar-refractivity contribution in [2.24, 2.45) is 5.92 Å². The standard InChI is InChI=1S/C17H27NO3S/c1-3-22(19,20)16-10-8-15(9-11-16)18-12-13-21-17-7-5-4-6-14(17)2/h8-11,14,17-18H,3-7,12-13H2,1-2H3. The molecule has 124 valence electrons. The zero-order valence-corrected chi connectivity index (χ0v) is 14.4. The molecule has 0 bridgehead atoms. The van der Waals surface area contributed by atoms with Gasteiger partial charge in [-0.1, -0.05) is 26.7 Å². The molecule has 1 aromatic rings. The summed E-state index contributed by atoms with van der Waals surface area (Å²) in [4.78, 5) is 0.382. The quantitative estimate of drug-likeness (QED) is 0.780. The Morgan fingerprint density at radius 3 is 2.50 bits per heavy atom. The third kappa shape index (κ3) is 4.71. The molecule has 0 amide bonds. The molecule has 1 aliphatic carbocycles. The molecular formula is C17H27NO3S. The second kappa shape index (κ2) is 7.97. The summed E-state index contributed by atoms with van der Waals surface area (Å²) in [5, 5.41) is 3.28. The third-order valence-corrected chi connectivity index (χ3v) is 6.14. The minimum Gasteiger partial charge on any atom is -0.383 e. The summed E-state index contributed by atoms with van der Waals surface area (Å²) in [5.41, 5.74) is 0.926. The molecule has 4 nitrogen and oxygen atoms in total. The number of benzene rings is 1. The summed E-state index contributed by atoms with van der Waals surface area (Å²) in [5.74, 6) is 0.792. The molecule has 1 fully saturated rings. The molecule has 1 aliphatic rings. The molecule has 1 aromatic carbocycles. The van der Waals surface area contributed by atoms with Gasteiger partial charge >= 0.3 is 0 Å². The largest absolute Gasteiger partial charge is 0.383 e. The Hall–Kier alpha value is -1.07. The van der Waals surface area contributed by atoms with Gasteiger partial charge in [-0.25, -0.2) is 8.42 Å². The summed E-state index contributed by atoms with van der Waals surface area (Å²) in [7, 11) is -3.11. The zero-order valence-electron chi connectivity index (χ0n) is 13.5. The van der Waals surface area contributed by atoms with Gasteiger partial charge in [0.05, 0.1) is 23.4 Å². The molecule has 0 aromatic heterocycles. The molecule has 0 radical (unpaired) electrons. The first kappa shape index (κ1) is 17.3. The van der Waals surface area contributed by atoms with Crippen LogP contribution >= 0.6 is 0 Å². The van der Waals surface area contributed by atoms with Crippen molar-refractivity contribution in [1.29, 1.82) is 0 Å². The van der Waals surface area contributed by atoms with E-state index < -0.39 is 9.84 Å². The molecular weight excluding hydrogens is 298 g/mol. The fraction of sp³-hybridized carbons (Fsp3) is 0.647. The molecule has 0 saturated heterocycles. The first-order valence-corrected chi connectivity index (χ1v) is 9.86. The number of ether oxygens (including phenoxy) is 1. The highest BCUT2D eigenvalue weighted by atomic mass is 32.2. The van der Waals surface area contributed by atoms with Gasteiger partial charge in [-0.2, -0.15) is 0 Å². The fourth-order valence-corrected chi connectivity index (χ4v) is 3.77. The SMILES string of the molecule is CCS(=O)(=O)c1ccc(NCCOC2CCCCC2C)cc1. The van der Waals surface area contributed by atoms with Crippen molar-refractivity contribution in [2.45, 2.75) is 50.5 Å². The van der Waals surface area contributed by atoms with Gasteiger partial charge in [0.2, 0.25) is 0 Å². The van der Waals surface area contributed by atoms with Crippen molar-refractivity contribution in [3.63, 3.8) is 0 Å². The van der Waals surface area contributed by atoms with Gasteiger partial charge in [0.15, 0.2) is 9.84 Å². The van der Waals surface area contributed by atoms with Crippen LogP contribution in [0.5, 0.6) is 0 Å². The first-order valence-electron chi connectivity index (χ1n) is 8.21. The van der Waals surface area contributed by atoms with Gasteiger partial charge in [0.1, 0.15) is 0 Å². The smallest absolute Gasteiger partial charge is 0.178 e. The Morgan fingerprint density at radius 2 is 1.86 bits per heavy atom. The maximum atomic E-state index is 11.7. The summed E-state index contributed by atoms with van der Waals surface area (Å²) < 4.78 is 29.4. The highest BCUT2D eigenvalue weighted by molar-refractivity contribution is 7.91. The monoisotopic (exact) mass is 325 g/mol. The number of hydrogen-bond donors (Lipinski definition) is 1. The number of sulfone groups is 1. The third-order valence-electron chi connectivity index (χ3n) is 4.39. The maximum absolute atomic E-state index is 11.7. The second-order valence-electron chi connectivity index (χ2n) is 6.03. The summed E-state index contributed by atoms with van der Waals surface area (Å²) >= 11 is 0. The van der Waals surface area contributed by atoms with E-state index in [0.29, 0.717) is 23.5 Å². The summed E-state index contributed by atoms with van der Waals surface area (Å²) in [6, 6.07) is 6.94. The molecule has 2 unspecified atom stereocenters. The lowest BCUT2D eigenvalue weighted by molar-refractivity contribution is 0.000393. The van der Waals surface area contributed by atoms with Crippen LogP contribution in [-0.4, -0.2) is 33.4 Å². The van der Waals surface area contributed by atoms with Crippen LogP contribution in [0.1, 0.15) is 39.5 Å². The van der Waals surface area contributed by atoms with E-state index in [1.54, 1.807) is 19.1 Å². The van der Waals surface area contributed by atoms with E-state index >= 15 is 0 Å². The fourth-order valence-electron chi connectivity index (χ4n) is 2.88. The van der Waals surface area contributed by atoms with Crippen molar-refractivity contribution in [2.75, 3.05) is 24.2 Å². The van der Waals surface area contributed by atoms with Crippen molar-refractivity contribution >= 4 is 15.5 Å². The van der Waals surface area contributed by atoms with Gasteiger partial charge < -0.3 is 10.1 Å². The van der Waals surface area contributed by atoms with E-state index in [1.165, 1.54) is 25.7 Å². The molecule has 1 N–H and O–H groups in total. The number of hydrogen-bond acceptors (Lipinski definition) is 4. The molecule has 1 saturated carbocycles. The number of nitrogens with one attached hydrogen (secondary N) is 1. The highest BCUT2D eigenvalue weighted by Gasteiger charge is 2.21. The zero-order chi connectivity index (χ0) is 16.0. The van der Waals surface area contributed by atoms with Crippen LogP contribution in [0.25, 0.3) is 0 Å². The van der Waals surface area contributed by atoms with E-state index in [-0.39, 0.29) is 5.75 Å². The van der Waals surface area contributed by atoms with Crippen molar-refractivity contribution in [3.8, 4) is 0 Å². The predicted molar refractivity (Wildman–Crippen MR) is 90.0 cm³/mol. The average Bonchev–Trinajstić information content (AvgIpc) is 2.53. The first-order chi connectivity index (χ1) is 10.5. The lowest BCUT2D eigenvalue weighted by Crippen LogP contribution is -2.27. The van der Waals surface area contributed by atoms with Crippen molar-refractivity contribution in [3.05, 3.63) is 24.3 Å². The van der Waals surface area contributed by atoms with E-state index in [2.05, 4.69) is 12.2 Å². The number of rotatable bonds is 7. The van der Waals surface area contributed by atoms with Gasteiger partial charge in [-0.15, -0.1) is 0 Å². The van der Waals surface area contributed by atoms with Crippen LogP contribution in [0.15, 0.2) is 29.2 Å². The van der Waals surface area contributed by atoms with Gasteiger partial charge in [-0.3, -0.25) is 0 Å².